The summed E-state index contributed by atoms with van der Waals surface area (Å²) >= 11 is 4.40. The largest absolute Gasteiger partial charge is 0.316 e. The van der Waals surface area contributed by atoms with Gasteiger partial charge in [-0.3, -0.25) is 0 Å². The summed E-state index contributed by atoms with van der Waals surface area (Å²) in [6.07, 6.45) is 5.34. The molecule has 0 radical (unpaired) electrons. The summed E-state index contributed by atoms with van der Waals surface area (Å²) in [6.45, 7) is 7.02. The zero-order valence-corrected chi connectivity index (χ0v) is 13.5. The maximum absolute atomic E-state index is 3.60. The van der Waals surface area contributed by atoms with Crippen LogP contribution in [-0.2, 0) is 0 Å². The van der Waals surface area contributed by atoms with Crippen LogP contribution in [0, 0.1) is 5.92 Å². The Labute approximate surface area is 116 Å². The standard InChI is InChI=1S/C14H29NS2/c1-5-11(6-2)10-12(15-4)14-13(7-3)16-8-9-17-14/h11-15H,5-10H2,1-4H3. The molecule has 1 N–H and O–H groups in total. The average Bonchev–Trinajstić information content (AvgIpc) is 2.40. The highest BCUT2D eigenvalue weighted by Gasteiger charge is 2.31. The zero-order chi connectivity index (χ0) is 12.7. The van der Waals surface area contributed by atoms with E-state index >= 15 is 0 Å². The number of rotatable bonds is 7. The summed E-state index contributed by atoms with van der Waals surface area (Å²) in [5.41, 5.74) is 0. The summed E-state index contributed by atoms with van der Waals surface area (Å²) in [4.78, 5) is 0. The first-order chi connectivity index (χ1) is 8.26. The van der Waals surface area contributed by atoms with Crippen LogP contribution in [0.3, 0.4) is 0 Å². The van der Waals surface area contributed by atoms with Crippen LogP contribution in [0.25, 0.3) is 0 Å². The minimum atomic E-state index is 0.711. The van der Waals surface area contributed by atoms with Gasteiger partial charge in [0.2, 0.25) is 0 Å². The van der Waals surface area contributed by atoms with E-state index < -0.39 is 0 Å². The molecule has 1 nitrogen and oxygen atoms in total. The molecule has 3 atom stereocenters. The molecule has 0 aromatic rings. The maximum Gasteiger partial charge on any atom is 0.0320 e. The van der Waals surface area contributed by atoms with Crippen molar-refractivity contribution >= 4 is 23.5 Å². The molecule has 0 spiro atoms. The lowest BCUT2D eigenvalue weighted by atomic mass is 9.92. The van der Waals surface area contributed by atoms with Gasteiger partial charge in [0.25, 0.3) is 0 Å². The van der Waals surface area contributed by atoms with Crippen LogP contribution < -0.4 is 5.32 Å². The van der Waals surface area contributed by atoms with E-state index in [1.165, 1.54) is 37.2 Å². The van der Waals surface area contributed by atoms with Crippen molar-refractivity contribution in [3.63, 3.8) is 0 Å². The second kappa shape index (κ2) is 8.71. The van der Waals surface area contributed by atoms with E-state index in [1.54, 1.807) is 0 Å². The molecule has 17 heavy (non-hydrogen) atoms. The van der Waals surface area contributed by atoms with Crippen molar-refractivity contribution in [3.8, 4) is 0 Å². The topological polar surface area (TPSA) is 12.0 Å². The Morgan fingerprint density at radius 3 is 2.29 bits per heavy atom. The van der Waals surface area contributed by atoms with E-state index in [0.717, 1.165) is 16.4 Å². The Morgan fingerprint density at radius 2 is 1.76 bits per heavy atom. The maximum atomic E-state index is 3.60. The molecule has 1 fully saturated rings. The Kier molecular flexibility index (Phi) is 8.05. The molecule has 0 saturated carbocycles. The predicted molar refractivity (Wildman–Crippen MR) is 84.3 cm³/mol. The molecular weight excluding hydrogens is 246 g/mol. The van der Waals surface area contributed by atoms with Gasteiger partial charge in [-0.25, -0.2) is 0 Å². The highest BCUT2D eigenvalue weighted by molar-refractivity contribution is 8.07. The third kappa shape index (κ3) is 4.68. The lowest BCUT2D eigenvalue weighted by Crippen LogP contribution is -2.44. The minimum Gasteiger partial charge on any atom is -0.316 e. The SMILES string of the molecule is CCC(CC)CC(NC)C1SCCSC1CC. The van der Waals surface area contributed by atoms with Crippen molar-refractivity contribution in [1.82, 2.24) is 5.32 Å². The second-order valence-corrected chi connectivity index (χ2v) is 7.60. The number of hydrogen-bond donors (Lipinski definition) is 1. The van der Waals surface area contributed by atoms with E-state index in [0.29, 0.717) is 6.04 Å². The fourth-order valence-corrected chi connectivity index (χ4v) is 6.03. The fraction of sp³-hybridized carbons (Fsp3) is 1.00. The Morgan fingerprint density at radius 1 is 1.12 bits per heavy atom. The second-order valence-electron chi connectivity index (χ2n) is 4.97. The molecule has 1 saturated heterocycles. The summed E-state index contributed by atoms with van der Waals surface area (Å²) in [6, 6.07) is 0.711. The zero-order valence-electron chi connectivity index (χ0n) is 11.9. The van der Waals surface area contributed by atoms with Gasteiger partial charge in [0, 0.05) is 28.0 Å². The highest BCUT2D eigenvalue weighted by Crippen LogP contribution is 2.37. The van der Waals surface area contributed by atoms with E-state index in [1.807, 2.05) is 0 Å². The van der Waals surface area contributed by atoms with E-state index in [4.69, 9.17) is 0 Å². The van der Waals surface area contributed by atoms with Crippen molar-refractivity contribution in [1.29, 1.82) is 0 Å². The Balaban J connectivity index is 2.57. The van der Waals surface area contributed by atoms with Crippen LogP contribution in [0.1, 0.15) is 46.5 Å². The molecule has 0 amide bonds. The molecule has 0 aromatic carbocycles. The smallest absolute Gasteiger partial charge is 0.0320 e. The normalized spacial score (nSPS) is 27.4. The molecule has 0 aliphatic carbocycles. The van der Waals surface area contributed by atoms with Crippen LogP contribution in [0.15, 0.2) is 0 Å². The van der Waals surface area contributed by atoms with Gasteiger partial charge in [-0.05, 0) is 25.8 Å². The third-order valence-corrected chi connectivity index (χ3v) is 7.41. The van der Waals surface area contributed by atoms with Crippen molar-refractivity contribution in [3.05, 3.63) is 0 Å². The first kappa shape index (κ1) is 15.7. The summed E-state index contributed by atoms with van der Waals surface area (Å²) in [7, 11) is 2.15. The molecule has 1 heterocycles. The van der Waals surface area contributed by atoms with Gasteiger partial charge in [0.1, 0.15) is 0 Å². The van der Waals surface area contributed by atoms with Crippen LogP contribution in [0.4, 0.5) is 0 Å². The lowest BCUT2D eigenvalue weighted by Gasteiger charge is -2.37. The van der Waals surface area contributed by atoms with Crippen molar-refractivity contribution in [2.75, 3.05) is 18.6 Å². The monoisotopic (exact) mass is 275 g/mol. The van der Waals surface area contributed by atoms with Gasteiger partial charge in [-0.2, -0.15) is 23.5 Å². The van der Waals surface area contributed by atoms with Gasteiger partial charge < -0.3 is 5.32 Å². The molecule has 0 aromatic heterocycles. The van der Waals surface area contributed by atoms with Crippen LogP contribution in [-0.4, -0.2) is 35.1 Å². The van der Waals surface area contributed by atoms with Crippen LogP contribution in [0.5, 0.6) is 0 Å². The van der Waals surface area contributed by atoms with Gasteiger partial charge >= 0.3 is 0 Å². The molecule has 102 valence electrons. The number of nitrogens with one attached hydrogen (secondary N) is 1. The Hall–Kier alpha value is 0.660. The first-order valence-electron chi connectivity index (χ1n) is 7.17. The summed E-state index contributed by atoms with van der Waals surface area (Å²) < 4.78 is 0. The van der Waals surface area contributed by atoms with Crippen LogP contribution >= 0.6 is 23.5 Å². The molecule has 0 bridgehead atoms. The summed E-state index contributed by atoms with van der Waals surface area (Å²) in [5.74, 6) is 3.59. The van der Waals surface area contributed by atoms with Gasteiger partial charge in [0.05, 0.1) is 0 Å². The van der Waals surface area contributed by atoms with E-state index in [9.17, 15) is 0 Å². The predicted octanol–water partition coefficient (Wildman–Crippen LogP) is 4.03. The lowest BCUT2D eigenvalue weighted by molar-refractivity contribution is 0.368. The minimum absolute atomic E-state index is 0.711. The fourth-order valence-electron chi connectivity index (χ4n) is 2.71. The molecule has 3 unspecified atom stereocenters. The number of hydrogen-bond acceptors (Lipinski definition) is 3. The highest BCUT2D eigenvalue weighted by atomic mass is 32.2. The Bertz CT molecular complexity index is 195. The molecule has 1 aliphatic heterocycles. The van der Waals surface area contributed by atoms with Gasteiger partial charge in [-0.1, -0.05) is 33.6 Å². The molecule has 1 aliphatic rings. The van der Waals surface area contributed by atoms with E-state index in [-0.39, 0.29) is 0 Å². The van der Waals surface area contributed by atoms with Crippen molar-refractivity contribution in [2.45, 2.75) is 63.0 Å². The van der Waals surface area contributed by atoms with Crippen molar-refractivity contribution < 1.29 is 0 Å². The molecule has 1 rings (SSSR count). The van der Waals surface area contributed by atoms with Crippen molar-refractivity contribution in [2.24, 2.45) is 5.92 Å². The summed E-state index contributed by atoms with van der Waals surface area (Å²) in [5, 5.41) is 5.29. The van der Waals surface area contributed by atoms with Crippen LogP contribution in [0.2, 0.25) is 0 Å². The molecule has 3 heteroatoms. The molecular formula is C14H29NS2. The van der Waals surface area contributed by atoms with Gasteiger partial charge in [0.15, 0.2) is 0 Å². The first-order valence-corrected chi connectivity index (χ1v) is 9.26. The van der Waals surface area contributed by atoms with Gasteiger partial charge in [-0.15, -0.1) is 0 Å². The quantitative estimate of drug-likeness (QED) is 0.753. The number of thioether (sulfide) groups is 2. The van der Waals surface area contributed by atoms with E-state index in [2.05, 4.69) is 56.7 Å². The average molecular weight is 276 g/mol. The third-order valence-electron chi connectivity index (χ3n) is 4.00.